The molecule has 1 amide bonds. The number of carbonyl (C=O) groups is 2. The number of esters is 1. The summed E-state index contributed by atoms with van der Waals surface area (Å²) in [7, 11) is 0. The van der Waals surface area contributed by atoms with Gasteiger partial charge in [-0.1, -0.05) is 37.1 Å². The van der Waals surface area contributed by atoms with Crippen LogP contribution in [0, 0.1) is 0 Å². The van der Waals surface area contributed by atoms with Crippen molar-refractivity contribution in [3.63, 3.8) is 0 Å². The minimum absolute atomic E-state index is 0.0461. The predicted molar refractivity (Wildman–Crippen MR) is 133 cm³/mol. The number of nitrogens with one attached hydrogen (secondary N) is 1. The number of hydrogen-bond donors (Lipinski definition) is 1. The van der Waals surface area contributed by atoms with Gasteiger partial charge < -0.3 is 14.6 Å². The minimum Gasteiger partial charge on any atom is -0.424 e. The highest BCUT2D eigenvalue weighted by molar-refractivity contribution is 6.05. The van der Waals surface area contributed by atoms with Crippen LogP contribution >= 0.6 is 0 Å². The van der Waals surface area contributed by atoms with Crippen LogP contribution in [-0.4, -0.2) is 16.4 Å². The number of para-hydroxylation sites is 2. The molecule has 1 aliphatic rings. The number of pyridine rings is 1. The van der Waals surface area contributed by atoms with Gasteiger partial charge in [0.25, 0.3) is 11.5 Å². The summed E-state index contributed by atoms with van der Waals surface area (Å²) >= 11 is 0. The maximum atomic E-state index is 13.6. The Hall–Kier alpha value is -3.88. The van der Waals surface area contributed by atoms with Gasteiger partial charge in [0.1, 0.15) is 5.56 Å². The lowest BCUT2D eigenvalue weighted by Gasteiger charge is -2.21. The fourth-order valence-electron chi connectivity index (χ4n) is 4.55. The smallest absolute Gasteiger partial charge is 0.416 e. The van der Waals surface area contributed by atoms with Gasteiger partial charge in [0, 0.05) is 12.6 Å². The molecule has 1 N–H and O–H groups in total. The van der Waals surface area contributed by atoms with E-state index in [0.29, 0.717) is 18.4 Å². The highest BCUT2D eigenvalue weighted by atomic mass is 19.4. The molecular weight excluding hydrogens is 485 g/mol. The summed E-state index contributed by atoms with van der Waals surface area (Å²) in [5.41, 5.74) is 1.08. The number of aryl methyl sites for hydroxylation is 1. The second-order valence-corrected chi connectivity index (χ2v) is 9.07. The highest BCUT2D eigenvalue weighted by Gasteiger charge is 2.30. The molecule has 0 unspecified atom stereocenters. The SMILES string of the molecule is CC(=O)Oc1ccccc1NC(=O)c1cc2c(n(Cc3ccc(C(F)(F)F)cc3)c1=O)CCCCCC2. The van der Waals surface area contributed by atoms with Gasteiger partial charge >= 0.3 is 12.1 Å². The summed E-state index contributed by atoms with van der Waals surface area (Å²) in [6.45, 7) is 1.29. The molecule has 1 aliphatic carbocycles. The van der Waals surface area contributed by atoms with E-state index in [-0.39, 0.29) is 23.5 Å². The molecule has 0 fully saturated rings. The van der Waals surface area contributed by atoms with E-state index in [1.165, 1.54) is 29.7 Å². The van der Waals surface area contributed by atoms with E-state index in [2.05, 4.69) is 5.32 Å². The van der Waals surface area contributed by atoms with Crippen LogP contribution in [0.1, 0.15) is 65.3 Å². The topological polar surface area (TPSA) is 77.4 Å². The van der Waals surface area contributed by atoms with Crippen LogP contribution in [-0.2, 0) is 30.4 Å². The lowest BCUT2D eigenvalue weighted by molar-refractivity contribution is -0.137. The van der Waals surface area contributed by atoms with Crippen molar-refractivity contribution in [3.05, 3.63) is 92.9 Å². The molecule has 9 heteroatoms. The Morgan fingerprint density at radius 3 is 2.32 bits per heavy atom. The Balaban J connectivity index is 1.73. The van der Waals surface area contributed by atoms with Crippen molar-refractivity contribution >= 4 is 17.6 Å². The number of fused-ring (bicyclic) bond motifs is 1. The minimum atomic E-state index is -4.45. The second kappa shape index (κ2) is 11.0. The lowest BCUT2D eigenvalue weighted by atomic mass is 9.95. The van der Waals surface area contributed by atoms with Crippen molar-refractivity contribution in [2.24, 2.45) is 0 Å². The van der Waals surface area contributed by atoms with Crippen LogP contribution < -0.4 is 15.6 Å². The zero-order chi connectivity index (χ0) is 26.6. The Bertz CT molecular complexity index is 1360. The summed E-state index contributed by atoms with van der Waals surface area (Å²) in [5, 5.41) is 2.67. The number of amides is 1. The van der Waals surface area contributed by atoms with Crippen LogP contribution in [0.15, 0.2) is 59.4 Å². The number of carbonyl (C=O) groups excluding carboxylic acids is 2. The fourth-order valence-corrected chi connectivity index (χ4v) is 4.55. The zero-order valence-corrected chi connectivity index (χ0v) is 20.4. The number of rotatable bonds is 5. The van der Waals surface area contributed by atoms with Gasteiger partial charge in [0.05, 0.1) is 17.8 Å². The molecule has 0 spiro atoms. The van der Waals surface area contributed by atoms with Crippen LogP contribution in [0.2, 0.25) is 0 Å². The number of anilines is 1. The molecular formula is C28H27F3N2O4. The van der Waals surface area contributed by atoms with Crippen LogP contribution in [0.3, 0.4) is 0 Å². The molecule has 1 heterocycles. The van der Waals surface area contributed by atoms with E-state index >= 15 is 0 Å². The van der Waals surface area contributed by atoms with Crippen LogP contribution in [0.25, 0.3) is 0 Å². The molecule has 3 aromatic rings. The molecule has 0 saturated carbocycles. The average Bonchev–Trinajstić information content (AvgIpc) is 2.82. The van der Waals surface area contributed by atoms with Crippen molar-refractivity contribution in [2.75, 3.05) is 5.32 Å². The van der Waals surface area contributed by atoms with Crippen molar-refractivity contribution < 1.29 is 27.5 Å². The molecule has 2 aromatic carbocycles. The van der Waals surface area contributed by atoms with Crippen LogP contribution in [0.4, 0.5) is 18.9 Å². The molecule has 194 valence electrons. The zero-order valence-electron chi connectivity index (χ0n) is 20.4. The highest BCUT2D eigenvalue weighted by Crippen LogP contribution is 2.30. The van der Waals surface area contributed by atoms with E-state index in [9.17, 15) is 27.6 Å². The van der Waals surface area contributed by atoms with Gasteiger partial charge in [-0.3, -0.25) is 14.4 Å². The van der Waals surface area contributed by atoms with Gasteiger partial charge in [-0.2, -0.15) is 13.2 Å². The average molecular weight is 513 g/mol. The Labute approximate surface area is 212 Å². The number of alkyl halides is 3. The summed E-state index contributed by atoms with van der Waals surface area (Å²) in [6.07, 6.45) is 0.709. The molecule has 6 nitrogen and oxygen atoms in total. The standard InChI is InChI=1S/C28H27F3N2O4/c1-18(34)37-25-11-7-6-9-23(25)32-26(35)22-16-20-8-4-2-3-5-10-24(20)33(27(22)36)17-19-12-14-21(15-13-19)28(29,30)31/h6-7,9,11-16H,2-5,8,10,17H2,1H3,(H,32,35). The van der Waals surface area contributed by atoms with E-state index in [1.807, 2.05) is 0 Å². The first-order valence-electron chi connectivity index (χ1n) is 12.1. The predicted octanol–water partition coefficient (Wildman–Crippen LogP) is 5.75. The maximum Gasteiger partial charge on any atom is 0.416 e. The summed E-state index contributed by atoms with van der Waals surface area (Å²) in [6, 6.07) is 12.7. The fraction of sp³-hybridized carbons (Fsp3) is 0.321. The molecule has 37 heavy (non-hydrogen) atoms. The quantitative estimate of drug-likeness (QED) is 0.349. The number of benzene rings is 2. The summed E-state index contributed by atoms with van der Waals surface area (Å²) in [4.78, 5) is 38.3. The van der Waals surface area contributed by atoms with Gasteiger partial charge in [0.15, 0.2) is 5.75 Å². The van der Waals surface area contributed by atoms with Gasteiger partial charge in [-0.25, -0.2) is 0 Å². The van der Waals surface area contributed by atoms with E-state index in [4.69, 9.17) is 4.74 Å². The first-order chi connectivity index (χ1) is 17.6. The van der Waals surface area contributed by atoms with Crippen LogP contribution in [0.5, 0.6) is 5.75 Å². The molecule has 0 radical (unpaired) electrons. The number of hydrogen-bond acceptors (Lipinski definition) is 4. The van der Waals surface area contributed by atoms with Crippen molar-refractivity contribution in [2.45, 2.75) is 58.2 Å². The maximum absolute atomic E-state index is 13.6. The van der Waals surface area contributed by atoms with Gasteiger partial charge in [0.2, 0.25) is 0 Å². The third-order valence-electron chi connectivity index (χ3n) is 6.36. The Morgan fingerprint density at radius 2 is 1.65 bits per heavy atom. The monoisotopic (exact) mass is 512 g/mol. The molecule has 0 bridgehead atoms. The Morgan fingerprint density at radius 1 is 0.973 bits per heavy atom. The number of halogens is 3. The molecule has 0 atom stereocenters. The van der Waals surface area contributed by atoms with E-state index < -0.39 is 29.2 Å². The first kappa shape index (κ1) is 26.2. The number of aromatic nitrogens is 1. The lowest BCUT2D eigenvalue weighted by Crippen LogP contribution is -2.33. The molecule has 0 saturated heterocycles. The summed E-state index contributed by atoms with van der Waals surface area (Å²) in [5.74, 6) is -1.06. The summed E-state index contributed by atoms with van der Waals surface area (Å²) < 4.78 is 45.7. The van der Waals surface area contributed by atoms with Crippen molar-refractivity contribution in [1.29, 1.82) is 0 Å². The largest absolute Gasteiger partial charge is 0.424 e. The van der Waals surface area contributed by atoms with Gasteiger partial charge in [-0.15, -0.1) is 0 Å². The normalized spacial score (nSPS) is 13.7. The van der Waals surface area contributed by atoms with Crippen molar-refractivity contribution in [1.82, 2.24) is 4.57 Å². The van der Waals surface area contributed by atoms with Gasteiger partial charge in [-0.05, 0) is 67.1 Å². The third kappa shape index (κ3) is 6.28. The number of ether oxygens (including phenoxy) is 1. The second-order valence-electron chi connectivity index (χ2n) is 9.07. The molecule has 0 aliphatic heterocycles. The Kier molecular flexibility index (Phi) is 7.80. The first-order valence-corrected chi connectivity index (χ1v) is 12.1. The molecule has 1 aromatic heterocycles. The van der Waals surface area contributed by atoms with Crippen molar-refractivity contribution in [3.8, 4) is 5.75 Å². The van der Waals surface area contributed by atoms with E-state index in [1.54, 1.807) is 24.3 Å². The van der Waals surface area contributed by atoms with E-state index in [0.717, 1.165) is 49.1 Å². The third-order valence-corrected chi connectivity index (χ3v) is 6.36. The number of nitrogens with zero attached hydrogens (tertiary/aromatic N) is 1. The molecule has 4 rings (SSSR count).